The van der Waals surface area contributed by atoms with E-state index < -0.39 is 31.2 Å². The van der Waals surface area contributed by atoms with Crippen molar-refractivity contribution in [2.75, 3.05) is 18.1 Å². The van der Waals surface area contributed by atoms with Gasteiger partial charge in [-0.3, -0.25) is 4.57 Å². The van der Waals surface area contributed by atoms with E-state index in [-0.39, 0.29) is 33.4 Å². The molecular formula is C36H60IN5O4Si3. The van der Waals surface area contributed by atoms with Gasteiger partial charge in [0.15, 0.2) is 52.0 Å². The fourth-order valence-corrected chi connectivity index (χ4v) is 10.1. The lowest BCUT2D eigenvalue weighted by Crippen LogP contribution is -2.54. The first-order valence-electron chi connectivity index (χ1n) is 17.8. The predicted molar refractivity (Wildman–Crippen MR) is 216 cm³/mol. The third kappa shape index (κ3) is 7.51. The monoisotopic (exact) mass is 837 g/mol. The average molecular weight is 838 g/mol. The average Bonchev–Trinajstić information content (AvgIpc) is 3.63. The molecule has 0 amide bonds. The Morgan fingerprint density at radius 3 is 1.98 bits per heavy atom. The fraction of sp³-hybridized carbons (Fsp3) is 0.694. The molecule has 0 radical (unpaired) electrons. The summed E-state index contributed by atoms with van der Waals surface area (Å²) in [6, 6.07) is 8.54. The Hall–Kier alpha value is -1.21. The lowest BCUT2D eigenvalue weighted by molar-refractivity contribution is -0.0482. The highest BCUT2D eigenvalue weighted by Gasteiger charge is 2.55. The van der Waals surface area contributed by atoms with Crippen molar-refractivity contribution in [2.24, 2.45) is 0 Å². The summed E-state index contributed by atoms with van der Waals surface area (Å²) in [5.74, 6) is 0.818. The zero-order valence-electron chi connectivity index (χ0n) is 32.6. The number of benzene rings is 1. The number of ether oxygens (including phenoxy) is 1. The van der Waals surface area contributed by atoms with E-state index in [2.05, 4.69) is 158 Å². The first-order valence-corrected chi connectivity index (χ1v) is 27.6. The van der Waals surface area contributed by atoms with Gasteiger partial charge in [0.05, 0.1) is 6.61 Å². The molecule has 4 heterocycles. The first kappa shape index (κ1) is 39.0. The molecule has 272 valence electrons. The van der Waals surface area contributed by atoms with Crippen molar-refractivity contribution in [3.8, 4) is 0 Å². The SMILES string of the molecule is CC(C)(C)[Si](C)(C)OC[C@H]1O[C@@H](n2c(I)nc3c(N4CCc5ccccc54)ncnc32)[C@H](O[Si](C)(C)C(C)(C)C)[C@@H]1O[Si](C)(C)C(C)(C)C. The lowest BCUT2D eigenvalue weighted by Gasteiger charge is -2.44. The lowest BCUT2D eigenvalue weighted by atomic mass is 10.1. The van der Waals surface area contributed by atoms with Gasteiger partial charge in [0.1, 0.15) is 24.6 Å². The zero-order chi connectivity index (χ0) is 36.5. The number of para-hydroxylation sites is 1. The summed E-state index contributed by atoms with van der Waals surface area (Å²) in [6.07, 6.45) is 1.07. The zero-order valence-corrected chi connectivity index (χ0v) is 37.7. The highest BCUT2D eigenvalue weighted by molar-refractivity contribution is 14.1. The van der Waals surface area contributed by atoms with Crippen molar-refractivity contribution in [3.05, 3.63) is 40.0 Å². The molecule has 0 aliphatic carbocycles. The second kappa shape index (κ2) is 13.3. The Balaban J connectivity index is 1.65. The molecule has 2 aromatic heterocycles. The number of aromatic nitrogens is 4. The Morgan fingerprint density at radius 1 is 0.816 bits per heavy atom. The van der Waals surface area contributed by atoms with E-state index in [4.69, 9.17) is 33.0 Å². The summed E-state index contributed by atoms with van der Waals surface area (Å²) >= 11 is 2.33. The number of hydrogen-bond acceptors (Lipinski definition) is 8. The Morgan fingerprint density at radius 2 is 1.39 bits per heavy atom. The molecule has 4 atom stereocenters. The quantitative estimate of drug-likeness (QED) is 0.120. The molecule has 1 saturated heterocycles. The van der Waals surface area contributed by atoms with E-state index in [1.54, 1.807) is 6.33 Å². The van der Waals surface area contributed by atoms with Crippen LogP contribution >= 0.6 is 22.6 Å². The molecule has 3 aromatic rings. The van der Waals surface area contributed by atoms with Crippen molar-refractivity contribution < 1.29 is 18.0 Å². The summed E-state index contributed by atoms with van der Waals surface area (Å²) < 4.78 is 31.9. The van der Waals surface area contributed by atoms with Crippen LogP contribution in [0.15, 0.2) is 30.6 Å². The van der Waals surface area contributed by atoms with Crippen molar-refractivity contribution in [3.63, 3.8) is 0 Å². The van der Waals surface area contributed by atoms with Gasteiger partial charge in [-0.1, -0.05) is 80.5 Å². The van der Waals surface area contributed by atoms with Crippen molar-refractivity contribution >= 4 is 70.2 Å². The van der Waals surface area contributed by atoms with Gasteiger partial charge in [-0.15, -0.1) is 0 Å². The predicted octanol–water partition coefficient (Wildman–Crippen LogP) is 9.83. The highest BCUT2D eigenvalue weighted by atomic mass is 127. The summed E-state index contributed by atoms with van der Waals surface area (Å²) in [4.78, 5) is 17.1. The van der Waals surface area contributed by atoms with Crippen LogP contribution in [0.25, 0.3) is 11.2 Å². The molecule has 0 unspecified atom stereocenters. The largest absolute Gasteiger partial charge is 0.414 e. The van der Waals surface area contributed by atoms with Crippen LogP contribution in [-0.2, 0) is 24.4 Å². The van der Waals surface area contributed by atoms with Crippen LogP contribution in [0.5, 0.6) is 0 Å². The van der Waals surface area contributed by atoms with Gasteiger partial charge < -0.3 is 22.9 Å². The summed E-state index contributed by atoms with van der Waals surface area (Å²) in [5.41, 5.74) is 4.00. The molecule has 2 aliphatic heterocycles. The topological polar surface area (TPSA) is 83.8 Å². The third-order valence-corrected chi connectivity index (χ3v) is 26.2. The number of nitrogens with zero attached hydrogens (tertiary/aromatic N) is 5. The van der Waals surface area contributed by atoms with Crippen molar-refractivity contribution in [1.82, 2.24) is 19.5 Å². The number of anilines is 2. The maximum atomic E-state index is 7.44. The maximum Gasteiger partial charge on any atom is 0.192 e. The van der Waals surface area contributed by atoms with Crippen LogP contribution in [-0.4, -0.2) is 75.9 Å². The summed E-state index contributed by atoms with van der Waals surface area (Å²) in [6.45, 7) is 35.7. The number of imidazole rings is 1. The van der Waals surface area contributed by atoms with Crippen LogP contribution in [0.3, 0.4) is 0 Å². The third-order valence-electron chi connectivity index (χ3n) is 12.0. The molecule has 9 nitrogen and oxygen atoms in total. The van der Waals surface area contributed by atoms with Gasteiger partial charge in [0.25, 0.3) is 0 Å². The molecule has 0 N–H and O–H groups in total. The Kier molecular flexibility index (Phi) is 10.6. The smallest absolute Gasteiger partial charge is 0.192 e. The highest BCUT2D eigenvalue weighted by Crippen LogP contribution is 2.48. The normalized spacial score (nSPS) is 22.7. The minimum Gasteiger partial charge on any atom is -0.414 e. The van der Waals surface area contributed by atoms with E-state index in [1.165, 1.54) is 11.3 Å². The first-order chi connectivity index (χ1) is 22.4. The van der Waals surface area contributed by atoms with Gasteiger partial charge in [-0.2, -0.15) is 0 Å². The molecule has 0 saturated carbocycles. The maximum absolute atomic E-state index is 7.44. The second-order valence-corrected chi connectivity index (χ2v) is 33.8. The van der Waals surface area contributed by atoms with Crippen LogP contribution in [0.4, 0.5) is 11.5 Å². The van der Waals surface area contributed by atoms with Gasteiger partial charge in [0, 0.05) is 34.8 Å². The molecule has 49 heavy (non-hydrogen) atoms. The van der Waals surface area contributed by atoms with E-state index in [0.29, 0.717) is 6.61 Å². The Labute approximate surface area is 311 Å². The van der Waals surface area contributed by atoms with E-state index in [9.17, 15) is 0 Å². The second-order valence-electron chi connectivity index (χ2n) is 18.5. The number of halogens is 1. The van der Waals surface area contributed by atoms with Gasteiger partial charge in [-0.05, 0) is 72.4 Å². The van der Waals surface area contributed by atoms with E-state index >= 15 is 0 Å². The van der Waals surface area contributed by atoms with Gasteiger partial charge in [0.2, 0.25) is 0 Å². The molecule has 1 fully saturated rings. The Bertz CT molecular complexity index is 1660. The summed E-state index contributed by atoms with van der Waals surface area (Å²) in [7, 11) is -6.69. The van der Waals surface area contributed by atoms with Crippen LogP contribution in [0.2, 0.25) is 54.4 Å². The van der Waals surface area contributed by atoms with E-state index in [1.807, 2.05) is 0 Å². The minimum absolute atomic E-state index is 0.00171. The van der Waals surface area contributed by atoms with E-state index in [0.717, 1.165) is 33.8 Å². The molecule has 13 heteroatoms. The molecule has 1 aromatic carbocycles. The van der Waals surface area contributed by atoms with Crippen LogP contribution in [0, 0.1) is 3.83 Å². The standard InChI is InChI=1S/C36H60IN5O4Si3/c1-34(2,3)47(10,11)43-22-26-28(45-48(12,13)35(4,5)6)29(46-49(14,15)36(7,8)9)32(44-26)42-31-27(40-33(42)37)30(38-23-39-31)41-21-20-24-18-16-17-19-25(24)41/h16-19,23,26,28-29,32H,20-22H2,1-15H3/t26-,28-,29-,32-/m1/s1. The number of hydrogen-bond donors (Lipinski definition) is 0. The molecular weight excluding hydrogens is 778 g/mol. The molecule has 5 rings (SSSR count). The molecule has 0 bridgehead atoms. The number of fused-ring (bicyclic) bond motifs is 2. The van der Waals surface area contributed by atoms with Crippen LogP contribution < -0.4 is 4.90 Å². The molecule has 0 spiro atoms. The molecule has 2 aliphatic rings. The van der Waals surface area contributed by atoms with Crippen molar-refractivity contribution in [1.29, 1.82) is 0 Å². The minimum atomic E-state index is -2.32. The van der Waals surface area contributed by atoms with Gasteiger partial charge in [-0.25, -0.2) is 15.0 Å². The van der Waals surface area contributed by atoms with Gasteiger partial charge >= 0.3 is 0 Å². The van der Waals surface area contributed by atoms with Crippen LogP contribution in [0.1, 0.15) is 74.1 Å². The number of rotatable bonds is 9. The summed E-state index contributed by atoms with van der Waals surface area (Å²) in [5, 5.41) is 0.0500. The van der Waals surface area contributed by atoms with Crippen molar-refractivity contribution in [2.45, 2.75) is 148 Å². The fourth-order valence-electron chi connectivity index (χ4n) is 5.71.